The Balaban J connectivity index is 1.86. The highest BCUT2D eigenvalue weighted by Crippen LogP contribution is 2.45. The zero-order chi connectivity index (χ0) is 25.8. The average Bonchev–Trinajstić information content (AvgIpc) is 3.20. The van der Waals surface area contributed by atoms with Crippen molar-refractivity contribution in [1.29, 1.82) is 0 Å². The van der Waals surface area contributed by atoms with E-state index in [2.05, 4.69) is 0 Å². The van der Waals surface area contributed by atoms with E-state index in [0.717, 1.165) is 23.8 Å². The zero-order valence-corrected chi connectivity index (χ0v) is 19.0. The number of aromatic nitrogens is 2. The van der Waals surface area contributed by atoms with Crippen molar-refractivity contribution in [3.63, 3.8) is 0 Å². The van der Waals surface area contributed by atoms with Gasteiger partial charge in [-0.15, -0.1) is 0 Å². The van der Waals surface area contributed by atoms with E-state index in [9.17, 15) is 24.0 Å². The molecule has 0 spiro atoms. The summed E-state index contributed by atoms with van der Waals surface area (Å²) in [6, 6.07) is 16.6. The van der Waals surface area contributed by atoms with E-state index in [4.69, 9.17) is 18.6 Å². The number of esters is 2. The number of hydrogen-bond acceptors (Lipinski definition) is 9. The van der Waals surface area contributed by atoms with Gasteiger partial charge in [0.15, 0.2) is 0 Å². The fourth-order valence-corrected chi connectivity index (χ4v) is 3.25. The van der Waals surface area contributed by atoms with Crippen LogP contribution in [0.3, 0.4) is 0 Å². The topological polar surface area (TPSA) is 136 Å². The Kier molecular flexibility index (Phi) is 6.63. The van der Waals surface area contributed by atoms with Gasteiger partial charge < -0.3 is 18.6 Å². The molecule has 4 aromatic rings. The third-order valence-corrected chi connectivity index (χ3v) is 4.85. The van der Waals surface area contributed by atoms with Crippen LogP contribution >= 0.6 is 0 Å². The van der Waals surface area contributed by atoms with Crippen molar-refractivity contribution in [2.75, 3.05) is 7.11 Å². The maximum Gasteiger partial charge on any atom is 0.345 e. The van der Waals surface area contributed by atoms with Crippen LogP contribution in [0.1, 0.15) is 27.6 Å². The summed E-state index contributed by atoms with van der Waals surface area (Å²) in [6.45, 7) is 1.09. The van der Waals surface area contributed by atoms with Gasteiger partial charge in [-0.1, -0.05) is 36.4 Å². The van der Waals surface area contributed by atoms with Crippen LogP contribution in [0.5, 0.6) is 17.4 Å². The minimum absolute atomic E-state index is 0.0962. The van der Waals surface area contributed by atoms with Crippen molar-refractivity contribution in [1.82, 2.24) is 9.13 Å². The zero-order valence-electron chi connectivity index (χ0n) is 19.0. The Labute approximate surface area is 202 Å². The molecular weight excluding hydrogens is 472 g/mol. The second kappa shape index (κ2) is 9.97. The lowest BCUT2D eigenvalue weighted by molar-refractivity contribution is -0.133. The van der Waals surface area contributed by atoms with Gasteiger partial charge in [-0.3, -0.25) is 14.4 Å². The summed E-state index contributed by atoms with van der Waals surface area (Å²) >= 11 is 0. The molecule has 0 bridgehead atoms. The molecule has 0 saturated heterocycles. The van der Waals surface area contributed by atoms with Crippen molar-refractivity contribution in [3.8, 4) is 23.3 Å². The molecule has 11 heteroatoms. The van der Waals surface area contributed by atoms with E-state index < -0.39 is 46.7 Å². The first-order valence-corrected chi connectivity index (χ1v) is 10.4. The second-order valence-corrected chi connectivity index (χ2v) is 7.22. The lowest BCUT2D eigenvalue weighted by Gasteiger charge is -2.09. The molecule has 0 aliphatic carbocycles. The van der Waals surface area contributed by atoms with Gasteiger partial charge in [0.2, 0.25) is 5.75 Å². The van der Waals surface area contributed by atoms with Gasteiger partial charge in [-0.25, -0.2) is 14.2 Å². The van der Waals surface area contributed by atoms with Gasteiger partial charge in [0, 0.05) is 24.8 Å². The number of rotatable bonds is 6. The van der Waals surface area contributed by atoms with Gasteiger partial charge in [-0.2, -0.15) is 4.57 Å². The molecule has 4 rings (SSSR count). The molecule has 0 fully saturated rings. The standard InChI is InChI=1S/C25H18N2O9/c1-15(28)34-24-20(35-23(31)17-11-7-4-8-12-17)19(33-2)22(36-24)26-14-13-18(29)27(25(26)32)21(30)16-9-5-3-6-10-16/h3-14H,1-2H3. The summed E-state index contributed by atoms with van der Waals surface area (Å²) < 4.78 is 22.4. The molecule has 2 aromatic carbocycles. The molecule has 0 atom stereocenters. The number of ether oxygens (including phenoxy) is 3. The maximum absolute atomic E-state index is 13.2. The van der Waals surface area contributed by atoms with E-state index in [-0.39, 0.29) is 16.9 Å². The summed E-state index contributed by atoms with van der Waals surface area (Å²) in [4.78, 5) is 62.9. The molecule has 2 aromatic heterocycles. The largest absolute Gasteiger partial charge is 0.488 e. The molecule has 0 radical (unpaired) electrons. The van der Waals surface area contributed by atoms with Crippen molar-refractivity contribution in [2.45, 2.75) is 6.92 Å². The first-order valence-electron chi connectivity index (χ1n) is 10.4. The summed E-state index contributed by atoms with van der Waals surface area (Å²) in [5.41, 5.74) is -1.71. The predicted molar refractivity (Wildman–Crippen MR) is 124 cm³/mol. The smallest absolute Gasteiger partial charge is 0.345 e. The normalized spacial score (nSPS) is 10.5. The first-order chi connectivity index (χ1) is 17.3. The first kappa shape index (κ1) is 24.0. The number of methoxy groups -OCH3 is 1. The monoisotopic (exact) mass is 490 g/mol. The molecule has 182 valence electrons. The molecule has 0 unspecified atom stereocenters. The van der Waals surface area contributed by atoms with Crippen LogP contribution in [0.25, 0.3) is 5.88 Å². The lowest BCUT2D eigenvalue weighted by atomic mass is 10.2. The van der Waals surface area contributed by atoms with E-state index in [1.807, 2.05) is 0 Å². The Hall–Kier alpha value is -5.19. The highest BCUT2D eigenvalue weighted by atomic mass is 16.7. The number of hydrogen-bond donors (Lipinski definition) is 0. The van der Waals surface area contributed by atoms with Gasteiger partial charge in [0.25, 0.3) is 23.1 Å². The SMILES string of the molecule is COc1c(-n2ccc(=O)n(C(=O)c3ccccc3)c2=O)oc(OC(C)=O)c1OC(=O)c1ccccc1. The van der Waals surface area contributed by atoms with E-state index in [1.165, 1.54) is 31.4 Å². The summed E-state index contributed by atoms with van der Waals surface area (Å²) in [6.07, 6.45) is 1.04. The average molecular weight is 490 g/mol. The molecule has 0 aliphatic heterocycles. The molecule has 0 aliphatic rings. The van der Waals surface area contributed by atoms with Gasteiger partial charge >= 0.3 is 23.6 Å². The van der Waals surface area contributed by atoms with E-state index >= 15 is 0 Å². The fraction of sp³-hybridized carbons (Fsp3) is 0.0800. The molecule has 0 saturated carbocycles. The minimum Gasteiger partial charge on any atom is -0.488 e. The third-order valence-electron chi connectivity index (χ3n) is 4.85. The molecule has 0 N–H and O–H groups in total. The van der Waals surface area contributed by atoms with Gasteiger partial charge in [-0.05, 0) is 24.3 Å². The highest BCUT2D eigenvalue weighted by Gasteiger charge is 2.31. The van der Waals surface area contributed by atoms with Crippen LogP contribution in [-0.4, -0.2) is 34.1 Å². The number of carbonyl (C=O) groups excluding carboxylic acids is 3. The van der Waals surface area contributed by atoms with Crippen molar-refractivity contribution >= 4 is 17.8 Å². The predicted octanol–water partition coefficient (Wildman–Crippen LogP) is 2.43. The summed E-state index contributed by atoms with van der Waals surface area (Å²) in [7, 11) is 1.20. The van der Waals surface area contributed by atoms with Crippen molar-refractivity contribution in [2.24, 2.45) is 0 Å². The van der Waals surface area contributed by atoms with Crippen LogP contribution in [0.15, 0.2) is 86.9 Å². The van der Waals surface area contributed by atoms with Crippen molar-refractivity contribution < 1.29 is 33.0 Å². The van der Waals surface area contributed by atoms with Crippen LogP contribution in [0.2, 0.25) is 0 Å². The van der Waals surface area contributed by atoms with Crippen LogP contribution in [0.4, 0.5) is 0 Å². The molecule has 0 amide bonds. The Bertz CT molecular complexity index is 1560. The molecule has 2 heterocycles. The minimum atomic E-state index is -1.10. The number of carbonyl (C=O) groups is 3. The molecular formula is C25H18N2O9. The van der Waals surface area contributed by atoms with Gasteiger partial charge in [0.05, 0.1) is 12.7 Å². The van der Waals surface area contributed by atoms with Crippen LogP contribution < -0.4 is 25.5 Å². The van der Waals surface area contributed by atoms with Gasteiger partial charge in [0.1, 0.15) is 0 Å². The van der Waals surface area contributed by atoms with Crippen LogP contribution in [-0.2, 0) is 4.79 Å². The summed E-state index contributed by atoms with van der Waals surface area (Å²) in [5.74, 6) is -4.20. The van der Waals surface area contributed by atoms with E-state index in [1.54, 1.807) is 36.4 Å². The fourth-order valence-electron chi connectivity index (χ4n) is 3.25. The Morgan fingerprint density at radius 1 is 0.806 bits per heavy atom. The quantitative estimate of drug-likeness (QED) is 0.373. The molecule has 36 heavy (non-hydrogen) atoms. The number of benzene rings is 2. The van der Waals surface area contributed by atoms with Crippen molar-refractivity contribution in [3.05, 3.63) is 105 Å². The highest BCUT2D eigenvalue weighted by molar-refractivity contribution is 5.95. The van der Waals surface area contributed by atoms with Crippen LogP contribution in [0, 0.1) is 0 Å². The lowest BCUT2D eigenvalue weighted by Crippen LogP contribution is -2.42. The Morgan fingerprint density at radius 3 is 2.00 bits per heavy atom. The third kappa shape index (κ3) is 4.57. The summed E-state index contributed by atoms with van der Waals surface area (Å²) in [5, 5.41) is 0. The Morgan fingerprint density at radius 2 is 1.42 bits per heavy atom. The van der Waals surface area contributed by atoms with E-state index in [0.29, 0.717) is 4.57 Å². The maximum atomic E-state index is 13.2. The molecule has 11 nitrogen and oxygen atoms in total. The number of nitrogens with zero attached hydrogens (tertiary/aromatic N) is 2. The number of furan rings is 1. The second-order valence-electron chi connectivity index (χ2n) is 7.22.